The van der Waals surface area contributed by atoms with Crippen molar-refractivity contribution in [3.8, 4) is 0 Å². The molecule has 1 aliphatic heterocycles. The Morgan fingerprint density at radius 2 is 1.80 bits per heavy atom. The van der Waals surface area contributed by atoms with E-state index in [1.807, 2.05) is 6.92 Å². The van der Waals surface area contributed by atoms with Crippen LogP contribution in [0.25, 0.3) is 0 Å². The highest BCUT2D eigenvalue weighted by atomic mass is 32.2. The quantitative estimate of drug-likeness (QED) is 0.792. The summed E-state index contributed by atoms with van der Waals surface area (Å²) >= 11 is 0. The fraction of sp³-hybridized carbons (Fsp3) is 1.00. The van der Waals surface area contributed by atoms with Crippen molar-refractivity contribution in [1.82, 2.24) is 4.31 Å². The Bertz CT molecular complexity index is 303. The highest BCUT2D eigenvalue weighted by Gasteiger charge is 2.38. The van der Waals surface area contributed by atoms with Crippen molar-refractivity contribution in [3.05, 3.63) is 0 Å². The lowest BCUT2D eigenvalue weighted by Crippen LogP contribution is -2.48. The molecule has 0 aromatic carbocycles. The molecule has 0 aliphatic carbocycles. The summed E-state index contributed by atoms with van der Waals surface area (Å²) in [4.78, 5) is 0. The lowest BCUT2D eigenvalue weighted by atomic mass is 10.1. The summed E-state index contributed by atoms with van der Waals surface area (Å²) in [5.74, 6) is 0. The van der Waals surface area contributed by atoms with Gasteiger partial charge in [0.15, 0.2) is 0 Å². The van der Waals surface area contributed by atoms with Crippen LogP contribution >= 0.6 is 0 Å². The van der Waals surface area contributed by atoms with E-state index >= 15 is 0 Å². The second-order valence-electron chi connectivity index (χ2n) is 4.75. The van der Waals surface area contributed by atoms with Gasteiger partial charge in [-0.15, -0.1) is 0 Å². The molecule has 15 heavy (non-hydrogen) atoms. The second-order valence-corrected chi connectivity index (χ2v) is 7.32. The summed E-state index contributed by atoms with van der Waals surface area (Å²) in [5, 5.41) is 9.33. The van der Waals surface area contributed by atoms with Crippen molar-refractivity contribution in [2.24, 2.45) is 0 Å². The minimum atomic E-state index is -3.21. The predicted molar refractivity (Wildman–Crippen MR) is 60.1 cm³/mol. The SMILES string of the molecule is CCC(C)(C)S(=O)(=O)N1CCC(O)CC1. The average molecular weight is 235 g/mol. The molecule has 1 fully saturated rings. The molecule has 1 saturated heterocycles. The van der Waals surface area contributed by atoms with Gasteiger partial charge in [-0.3, -0.25) is 0 Å². The van der Waals surface area contributed by atoms with E-state index in [1.165, 1.54) is 4.31 Å². The van der Waals surface area contributed by atoms with E-state index in [4.69, 9.17) is 0 Å². The highest BCUT2D eigenvalue weighted by Crippen LogP contribution is 2.26. The maximum absolute atomic E-state index is 12.2. The Morgan fingerprint density at radius 3 is 2.20 bits per heavy atom. The molecule has 1 aliphatic rings. The molecule has 0 amide bonds. The highest BCUT2D eigenvalue weighted by molar-refractivity contribution is 7.90. The van der Waals surface area contributed by atoms with Crippen LogP contribution in [0, 0.1) is 0 Å². The third-order valence-electron chi connectivity index (χ3n) is 3.31. The van der Waals surface area contributed by atoms with Gasteiger partial charge in [0.2, 0.25) is 10.0 Å². The zero-order valence-corrected chi connectivity index (χ0v) is 10.5. The first kappa shape index (κ1) is 12.9. The van der Waals surface area contributed by atoms with E-state index in [-0.39, 0.29) is 6.10 Å². The van der Waals surface area contributed by atoms with E-state index in [1.54, 1.807) is 13.8 Å². The van der Waals surface area contributed by atoms with Crippen molar-refractivity contribution in [2.75, 3.05) is 13.1 Å². The fourth-order valence-corrected chi connectivity index (χ4v) is 3.37. The molecule has 0 radical (unpaired) electrons. The maximum atomic E-state index is 12.2. The molecule has 90 valence electrons. The Labute approximate surface area is 92.3 Å². The second kappa shape index (κ2) is 4.39. The zero-order chi connectivity index (χ0) is 11.7. The first-order chi connectivity index (χ1) is 6.81. The third kappa shape index (κ3) is 2.52. The molecule has 5 heteroatoms. The van der Waals surface area contributed by atoms with Crippen molar-refractivity contribution in [1.29, 1.82) is 0 Å². The standard InChI is InChI=1S/C10H21NO3S/c1-4-10(2,3)15(13,14)11-7-5-9(12)6-8-11/h9,12H,4-8H2,1-3H3. The Balaban J connectivity index is 2.79. The molecule has 0 atom stereocenters. The molecule has 0 unspecified atom stereocenters. The predicted octanol–water partition coefficient (Wildman–Crippen LogP) is 0.962. The normalized spacial score (nSPS) is 21.9. The maximum Gasteiger partial charge on any atom is 0.219 e. The van der Waals surface area contributed by atoms with E-state index in [9.17, 15) is 13.5 Å². The Hall–Kier alpha value is -0.130. The van der Waals surface area contributed by atoms with E-state index in [0.29, 0.717) is 32.4 Å². The molecular formula is C10H21NO3S. The van der Waals surface area contributed by atoms with Crippen LogP contribution in [0.2, 0.25) is 0 Å². The smallest absolute Gasteiger partial charge is 0.219 e. The van der Waals surface area contributed by atoms with Gasteiger partial charge in [0.1, 0.15) is 0 Å². The van der Waals surface area contributed by atoms with Gasteiger partial charge in [0.25, 0.3) is 0 Å². The fourth-order valence-electron chi connectivity index (χ4n) is 1.61. The molecule has 1 rings (SSSR count). The summed E-state index contributed by atoms with van der Waals surface area (Å²) in [6.07, 6.45) is 1.38. The molecule has 0 saturated carbocycles. The van der Waals surface area contributed by atoms with Gasteiger partial charge in [-0.05, 0) is 33.1 Å². The molecular weight excluding hydrogens is 214 g/mol. The number of sulfonamides is 1. The minimum absolute atomic E-state index is 0.332. The number of hydrogen-bond acceptors (Lipinski definition) is 3. The van der Waals surface area contributed by atoms with Gasteiger partial charge in [-0.25, -0.2) is 12.7 Å². The summed E-state index contributed by atoms with van der Waals surface area (Å²) in [5.41, 5.74) is 0. The minimum Gasteiger partial charge on any atom is -0.393 e. The molecule has 4 nitrogen and oxygen atoms in total. The summed E-state index contributed by atoms with van der Waals surface area (Å²) in [6.45, 7) is 6.30. The first-order valence-corrected chi connectivity index (χ1v) is 6.93. The van der Waals surface area contributed by atoms with E-state index in [2.05, 4.69) is 0 Å². The Kier molecular flexibility index (Phi) is 3.79. The van der Waals surface area contributed by atoms with E-state index in [0.717, 1.165) is 0 Å². The number of hydrogen-bond donors (Lipinski definition) is 1. The van der Waals surface area contributed by atoms with Crippen LogP contribution in [-0.2, 0) is 10.0 Å². The molecule has 0 bridgehead atoms. The molecule has 0 aromatic heterocycles. The Morgan fingerprint density at radius 1 is 1.33 bits per heavy atom. The van der Waals surface area contributed by atoms with Crippen LogP contribution in [0.15, 0.2) is 0 Å². The van der Waals surface area contributed by atoms with Crippen molar-refractivity contribution in [3.63, 3.8) is 0 Å². The van der Waals surface area contributed by atoms with Crippen LogP contribution in [0.4, 0.5) is 0 Å². The molecule has 0 spiro atoms. The van der Waals surface area contributed by atoms with E-state index < -0.39 is 14.8 Å². The van der Waals surface area contributed by atoms with Crippen LogP contribution < -0.4 is 0 Å². The lowest BCUT2D eigenvalue weighted by molar-refractivity contribution is 0.112. The summed E-state index contributed by atoms with van der Waals surface area (Å²) in [7, 11) is -3.21. The number of piperidine rings is 1. The summed E-state index contributed by atoms with van der Waals surface area (Å²) < 4.78 is 25.2. The van der Waals surface area contributed by atoms with Gasteiger partial charge in [-0.1, -0.05) is 6.92 Å². The molecule has 1 N–H and O–H groups in total. The number of aliphatic hydroxyl groups is 1. The van der Waals surface area contributed by atoms with Gasteiger partial charge >= 0.3 is 0 Å². The van der Waals surface area contributed by atoms with Crippen molar-refractivity contribution >= 4 is 10.0 Å². The number of aliphatic hydroxyl groups excluding tert-OH is 1. The van der Waals surface area contributed by atoms with Gasteiger partial charge in [0, 0.05) is 13.1 Å². The monoisotopic (exact) mass is 235 g/mol. The van der Waals surface area contributed by atoms with Crippen molar-refractivity contribution in [2.45, 2.75) is 50.9 Å². The van der Waals surface area contributed by atoms with Gasteiger partial charge < -0.3 is 5.11 Å². The number of rotatable bonds is 3. The van der Waals surface area contributed by atoms with Crippen LogP contribution in [0.5, 0.6) is 0 Å². The average Bonchev–Trinajstić information content (AvgIpc) is 2.18. The third-order valence-corrected chi connectivity index (χ3v) is 6.04. The number of nitrogens with zero attached hydrogens (tertiary/aromatic N) is 1. The molecule has 0 aromatic rings. The van der Waals surface area contributed by atoms with Gasteiger partial charge in [-0.2, -0.15) is 0 Å². The topological polar surface area (TPSA) is 57.6 Å². The summed E-state index contributed by atoms with van der Waals surface area (Å²) in [6, 6.07) is 0. The largest absolute Gasteiger partial charge is 0.393 e. The lowest BCUT2D eigenvalue weighted by Gasteiger charge is -2.35. The first-order valence-electron chi connectivity index (χ1n) is 5.49. The van der Waals surface area contributed by atoms with Gasteiger partial charge in [0.05, 0.1) is 10.9 Å². The van der Waals surface area contributed by atoms with Crippen LogP contribution in [0.1, 0.15) is 40.0 Å². The zero-order valence-electron chi connectivity index (χ0n) is 9.73. The van der Waals surface area contributed by atoms with Crippen LogP contribution in [-0.4, -0.2) is 41.8 Å². The van der Waals surface area contributed by atoms with Crippen LogP contribution in [0.3, 0.4) is 0 Å². The molecule has 1 heterocycles. The van der Waals surface area contributed by atoms with Crippen molar-refractivity contribution < 1.29 is 13.5 Å².